The second kappa shape index (κ2) is 5.39. The molecule has 0 aromatic heterocycles. The first-order valence-electron chi connectivity index (χ1n) is 5.38. The lowest BCUT2D eigenvalue weighted by Crippen LogP contribution is -2.24. The van der Waals surface area contributed by atoms with Crippen molar-refractivity contribution in [3.63, 3.8) is 0 Å². The summed E-state index contributed by atoms with van der Waals surface area (Å²) in [5.74, 6) is -2.34. The number of alkyl halides is 3. The number of hydrogen-bond donors (Lipinski definition) is 1. The lowest BCUT2D eigenvalue weighted by molar-refractivity contribution is -0.115. The van der Waals surface area contributed by atoms with Gasteiger partial charge in [0.05, 0.1) is 4.91 Å². The molecule has 1 aromatic rings. The molecule has 11 heteroatoms. The van der Waals surface area contributed by atoms with E-state index in [1.165, 1.54) is 0 Å². The number of thioether (sulfide) groups is 1. The molecule has 0 saturated carbocycles. The zero-order chi connectivity index (χ0) is 16.7. The van der Waals surface area contributed by atoms with E-state index in [1.807, 2.05) is 5.32 Å². The molecule has 1 fully saturated rings. The van der Waals surface area contributed by atoms with Crippen molar-refractivity contribution < 1.29 is 35.6 Å². The van der Waals surface area contributed by atoms with Crippen molar-refractivity contribution in [2.75, 3.05) is 0 Å². The lowest BCUT2D eigenvalue weighted by Gasteiger charge is -2.09. The Morgan fingerprint density at radius 1 is 1.18 bits per heavy atom. The molecule has 118 valence electrons. The molecule has 0 aliphatic carbocycles. The Hall–Kier alpha value is -1.88. The van der Waals surface area contributed by atoms with Gasteiger partial charge in [0.15, 0.2) is 0 Å². The van der Waals surface area contributed by atoms with E-state index >= 15 is 0 Å². The molecule has 1 aromatic carbocycles. The number of halogens is 4. The third-order valence-electron chi connectivity index (χ3n) is 2.49. The van der Waals surface area contributed by atoms with Gasteiger partial charge in [-0.25, -0.2) is 12.8 Å². The number of rotatable bonds is 2. The summed E-state index contributed by atoms with van der Waals surface area (Å²) in [7, 11) is -5.80. The van der Waals surface area contributed by atoms with E-state index in [1.54, 1.807) is 0 Å². The van der Waals surface area contributed by atoms with Crippen LogP contribution in [0.3, 0.4) is 0 Å². The molecule has 22 heavy (non-hydrogen) atoms. The highest BCUT2D eigenvalue weighted by atomic mass is 32.2. The van der Waals surface area contributed by atoms with E-state index in [0.29, 0.717) is 23.9 Å². The SMILES string of the molecule is O=C1NC(=O)C(=Cc2ccc(S(=O)(=O)C(F)(F)F)c(F)c2)S1. The Morgan fingerprint density at radius 3 is 2.27 bits per heavy atom. The fraction of sp³-hybridized carbons (Fsp3) is 0.0909. The summed E-state index contributed by atoms with van der Waals surface area (Å²) < 4.78 is 73.0. The Bertz CT molecular complexity index is 799. The van der Waals surface area contributed by atoms with Gasteiger partial charge in [-0.05, 0) is 35.5 Å². The number of amides is 2. The number of carbonyl (C=O) groups is 2. The van der Waals surface area contributed by atoms with Crippen LogP contribution < -0.4 is 5.32 Å². The van der Waals surface area contributed by atoms with Gasteiger partial charge in [0, 0.05) is 0 Å². The summed E-state index contributed by atoms with van der Waals surface area (Å²) in [6, 6.07) is 1.87. The van der Waals surface area contributed by atoms with Crippen LogP contribution in [0.1, 0.15) is 5.56 Å². The van der Waals surface area contributed by atoms with Gasteiger partial charge in [0.1, 0.15) is 10.7 Å². The molecule has 0 atom stereocenters. The average molecular weight is 355 g/mol. The van der Waals surface area contributed by atoms with Crippen molar-refractivity contribution in [3.05, 3.63) is 34.5 Å². The van der Waals surface area contributed by atoms with Crippen molar-refractivity contribution >= 4 is 38.8 Å². The topological polar surface area (TPSA) is 80.3 Å². The molecule has 0 spiro atoms. The number of nitrogens with one attached hydrogen (secondary N) is 1. The summed E-state index contributed by atoms with van der Waals surface area (Å²) in [5, 5.41) is 1.29. The van der Waals surface area contributed by atoms with Gasteiger partial charge < -0.3 is 0 Å². The molecule has 0 unspecified atom stereocenters. The van der Waals surface area contributed by atoms with E-state index in [4.69, 9.17) is 0 Å². The molecule has 1 N–H and O–H groups in total. The van der Waals surface area contributed by atoms with Crippen LogP contribution in [0.25, 0.3) is 6.08 Å². The monoisotopic (exact) mass is 355 g/mol. The minimum absolute atomic E-state index is 0.0639. The lowest BCUT2D eigenvalue weighted by atomic mass is 10.2. The summed E-state index contributed by atoms with van der Waals surface area (Å²) in [4.78, 5) is 20.6. The van der Waals surface area contributed by atoms with E-state index < -0.39 is 37.2 Å². The summed E-state index contributed by atoms with van der Waals surface area (Å²) in [6.07, 6.45) is 1.05. The van der Waals surface area contributed by atoms with Crippen molar-refractivity contribution in [3.8, 4) is 0 Å². The maximum atomic E-state index is 13.6. The molecule has 2 rings (SSSR count). The first-order valence-corrected chi connectivity index (χ1v) is 7.68. The Morgan fingerprint density at radius 2 is 1.82 bits per heavy atom. The first kappa shape index (κ1) is 16.5. The van der Waals surface area contributed by atoms with E-state index in [0.717, 1.165) is 12.1 Å². The largest absolute Gasteiger partial charge is 0.502 e. The zero-order valence-corrected chi connectivity index (χ0v) is 11.9. The highest BCUT2D eigenvalue weighted by molar-refractivity contribution is 8.18. The van der Waals surface area contributed by atoms with Crippen LogP contribution in [0.2, 0.25) is 0 Å². The van der Waals surface area contributed by atoms with Gasteiger partial charge >= 0.3 is 5.51 Å². The molecule has 1 aliphatic heterocycles. The van der Waals surface area contributed by atoms with E-state index in [-0.39, 0.29) is 10.5 Å². The van der Waals surface area contributed by atoms with Crippen LogP contribution in [-0.4, -0.2) is 25.1 Å². The highest BCUT2D eigenvalue weighted by Gasteiger charge is 2.48. The van der Waals surface area contributed by atoms with Crippen LogP contribution in [-0.2, 0) is 14.6 Å². The third-order valence-corrected chi connectivity index (χ3v) is 4.82. The van der Waals surface area contributed by atoms with Gasteiger partial charge in [0.2, 0.25) is 0 Å². The standard InChI is InChI=1S/C11H5F4NO4S2/c12-6-3-5(4-7-9(17)16-10(18)21-7)1-2-8(6)22(19,20)11(13,14)15/h1-4H,(H,16,17,18). The molecule has 0 radical (unpaired) electrons. The quantitative estimate of drug-likeness (QED) is 0.651. The fourth-order valence-corrected chi connectivity index (χ4v) is 3.02. The number of imide groups is 1. The summed E-state index contributed by atoms with van der Waals surface area (Å²) >= 11 is 0.529. The molecule has 1 aliphatic rings. The second-order valence-corrected chi connectivity index (χ2v) is 6.92. The molecule has 1 heterocycles. The third kappa shape index (κ3) is 2.99. The van der Waals surface area contributed by atoms with Crippen molar-refractivity contribution in [1.29, 1.82) is 0 Å². The fourth-order valence-electron chi connectivity index (χ4n) is 1.52. The normalized spacial score (nSPS) is 17.9. The molecule has 2 amide bonds. The second-order valence-electron chi connectivity index (χ2n) is 3.99. The molecule has 5 nitrogen and oxygen atoms in total. The molecular formula is C11H5F4NO4S2. The van der Waals surface area contributed by atoms with Crippen LogP contribution in [0.15, 0.2) is 28.0 Å². The Labute approximate surface area is 125 Å². The Kier molecular flexibility index (Phi) is 4.04. The van der Waals surface area contributed by atoms with Gasteiger partial charge in [-0.1, -0.05) is 6.07 Å². The van der Waals surface area contributed by atoms with Gasteiger partial charge in [-0.2, -0.15) is 13.2 Å². The van der Waals surface area contributed by atoms with Crippen LogP contribution in [0.4, 0.5) is 22.4 Å². The van der Waals surface area contributed by atoms with Gasteiger partial charge in [-0.3, -0.25) is 14.9 Å². The number of hydrogen-bond acceptors (Lipinski definition) is 5. The Balaban J connectivity index is 2.42. The number of sulfone groups is 1. The molecular weight excluding hydrogens is 350 g/mol. The zero-order valence-electron chi connectivity index (χ0n) is 10.3. The van der Waals surface area contributed by atoms with Crippen molar-refractivity contribution in [2.45, 2.75) is 10.4 Å². The number of benzene rings is 1. The average Bonchev–Trinajstić information content (AvgIpc) is 2.66. The summed E-state index contributed by atoms with van der Waals surface area (Å²) in [5.41, 5.74) is -5.69. The van der Waals surface area contributed by atoms with Crippen molar-refractivity contribution in [2.24, 2.45) is 0 Å². The van der Waals surface area contributed by atoms with E-state index in [9.17, 15) is 35.6 Å². The smallest absolute Gasteiger partial charge is 0.282 e. The predicted octanol–water partition coefficient (Wildman–Crippen LogP) is 2.44. The predicted molar refractivity (Wildman–Crippen MR) is 68.7 cm³/mol. The number of carbonyl (C=O) groups excluding carboxylic acids is 2. The maximum absolute atomic E-state index is 13.6. The maximum Gasteiger partial charge on any atom is 0.502 e. The molecule has 1 saturated heterocycles. The highest BCUT2D eigenvalue weighted by Crippen LogP contribution is 2.32. The minimum atomic E-state index is -5.80. The van der Waals surface area contributed by atoms with Crippen LogP contribution in [0, 0.1) is 5.82 Å². The van der Waals surface area contributed by atoms with Gasteiger partial charge in [0.25, 0.3) is 21.0 Å². The van der Waals surface area contributed by atoms with Crippen molar-refractivity contribution in [1.82, 2.24) is 5.32 Å². The summed E-state index contributed by atoms with van der Waals surface area (Å²) in [6.45, 7) is 0. The minimum Gasteiger partial charge on any atom is -0.282 e. The van der Waals surface area contributed by atoms with E-state index in [2.05, 4.69) is 0 Å². The van der Waals surface area contributed by atoms with Crippen LogP contribution in [0.5, 0.6) is 0 Å². The first-order chi connectivity index (χ1) is 10.0. The van der Waals surface area contributed by atoms with Gasteiger partial charge in [-0.15, -0.1) is 0 Å². The molecule has 0 bridgehead atoms. The van der Waals surface area contributed by atoms with Crippen LogP contribution >= 0.6 is 11.8 Å².